The minimum absolute atomic E-state index is 0.416. The van der Waals surface area contributed by atoms with Crippen molar-refractivity contribution in [2.24, 2.45) is 10.2 Å². The predicted molar refractivity (Wildman–Crippen MR) is 141 cm³/mol. The van der Waals surface area contributed by atoms with Gasteiger partial charge in [0.15, 0.2) is 15.6 Å². The first-order valence-electron chi connectivity index (χ1n) is 10.8. The van der Waals surface area contributed by atoms with Gasteiger partial charge in [-0.2, -0.15) is 25.3 Å². The first-order valence-corrected chi connectivity index (χ1v) is 16.7. The van der Waals surface area contributed by atoms with Gasteiger partial charge in [0, 0.05) is 12.3 Å². The minimum Gasteiger partial charge on any atom is -0.506 e. The molecule has 0 atom stereocenters. The van der Waals surface area contributed by atoms with E-state index in [1.807, 2.05) is 0 Å². The third kappa shape index (κ3) is 7.74. The summed E-state index contributed by atoms with van der Waals surface area (Å²) in [4.78, 5) is 9.18. The van der Waals surface area contributed by atoms with Crippen LogP contribution in [0.5, 0.6) is 11.5 Å². The largest absolute Gasteiger partial charge is 0.506 e. The number of aromatic hydroxyl groups is 2. The Bertz CT molecular complexity index is 2070. The highest BCUT2D eigenvalue weighted by Gasteiger charge is 2.26. The number of hydrogen-bond donors (Lipinski definition) is 6. The number of carbonyl (C=O) groups is 1. The lowest BCUT2D eigenvalue weighted by atomic mass is 10.1. The third-order valence-electron chi connectivity index (χ3n) is 5.16. The van der Waals surface area contributed by atoms with Crippen LogP contribution in [0, 0.1) is 0 Å². The van der Waals surface area contributed by atoms with Crippen molar-refractivity contribution in [1.82, 2.24) is 0 Å². The number of amides is 1. The molecule has 0 unspecified atom stereocenters. The second kappa shape index (κ2) is 11.5. The molecule has 3 aromatic rings. The Morgan fingerprint density at radius 2 is 1.50 bits per heavy atom. The van der Waals surface area contributed by atoms with Gasteiger partial charge >= 0.3 is 10.4 Å². The summed E-state index contributed by atoms with van der Waals surface area (Å²) in [5, 5.41) is 29.5. The lowest BCUT2D eigenvalue weighted by Gasteiger charge is -2.14. The first kappa shape index (κ1) is 32.7. The number of fused-ring (bicyclic) bond motifs is 1. The molecule has 3 aromatic carbocycles. The number of sulfone groups is 1. The summed E-state index contributed by atoms with van der Waals surface area (Å²) in [6, 6.07) is 4.54. The number of anilines is 1. The molecule has 1 amide bonds. The maximum Gasteiger partial charge on any atom is 0.397 e. The fourth-order valence-electron chi connectivity index (χ4n) is 3.44. The van der Waals surface area contributed by atoms with Gasteiger partial charge in [-0.3, -0.25) is 18.5 Å². The van der Waals surface area contributed by atoms with Gasteiger partial charge in [0.2, 0.25) is 5.91 Å². The average molecular weight is 670 g/mol. The summed E-state index contributed by atoms with van der Waals surface area (Å²) in [7, 11) is -19.4. The van der Waals surface area contributed by atoms with Gasteiger partial charge in [-0.15, -0.1) is 10.2 Å². The summed E-state index contributed by atoms with van der Waals surface area (Å²) in [6.45, 7) is 0.0341. The van der Waals surface area contributed by atoms with E-state index in [2.05, 4.69) is 19.7 Å². The topological polar surface area (TPSA) is 301 Å². The fourth-order valence-corrected chi connectivity index (χ4v) is 6.14. The van der Waals surface area contributed by atoms with Gasteiger partial charge in [-0.05, 0) is 41.8 Å². The van der Waals surface area contributed by atoms with Gasteiger partial charge in [0.25, 0.3) is 20.2 Å². The molecule has 0 spiro atoms. The van der Waals surface area contributed by atoms with Crippen molar-refractivity contribution in [2.75, 3.05) is 17.7 Å². The smallest absolute Gasteiger partial charge is 0.397 e. The van der Waals surface area contributed by atoms with Crippen molar-refractivity contribution in [3.05, 3.63) is 36.4 Å². The van der Waals surface area contributed by atoms with Crippen LogP contribution in [0.15, 0.2) is 61.3 Å². The molecular formula is C20H19N3O15S4. The second-order valence-electron chi connectivity index (χ2n) is 8.19. The summed E-state index contributed by atoms with van der Waals surface area (Å²) >= 11 is 0. The van der Waals surface area contributed by atoms with E-state index in [0.717, 1.165) is 37.3 Å². The first-order chi connectivity index (χ1) is 19.1. The molecule has 3 rings (SSSR count). The zero-order valence-electron chi connectivity index (χ0n) is 20.7. The second-order valence-corrected chi connectivity index (χ2v) is 14.2. The Balaban J connectivity index is 2.23. The molecule has 0 aromatic heterocycles. The average Bonchev–Trinajstić information content (AvgIpc) is 2.81. The van der Waals surface area contributed by atoms with Crippen molar-refractivity contribution in [2.45, 2.75) is 21.6 Å². The molecule has 0 saturated carbocycles. The number of rotatable bonds is 10. The lowest BCUT2D eigenvalue weighted by molar-refractivity contribution is -0.114. The molecular weight excluding hydrogens is 650 g/mol. The molecule has 18 nitrogen and oxygen atoms in total. The summed E-state index contributed by atoms with van der Waals surface area (Å²) in [5.74, 6) is -3.53. The van der Waals surface area contributed by atoms with E-state index >= 15 is 0 Å². The molecule has 0 radical (unpaired) electrons. The van der Waals surface area contributed by atoms with Gasteiger partial charge in [0.1, 0.15) is 22.0 Å². The maximum atomic E-state index is 12.5. The highest BCUT2D eigenvalue weighted by molar-refractivity contribution is 7.91. The van der Waals surface area contributed by atoms with Crippen molar-refractivity contribution < 1.29 is 66.5 Å². The number of carbonyl (C=O) groups excluding carboxylic acids is 1. The number of benzene rings is 3. The zero-order valence-corrected chi connectivity index (χ0v) is 24.0. The monoisotopic (exact) mass is 669 g/mol. The van der Waals surface area contributed by atoms with Crippen LogP contribution in [0.3, 0.4) is 0 Å². The van der Waals surface area contributed by atoms with Crippen molar-refractivity contribution in [3.63, 3.8) is 0 Å². The quantitative estimate of drug-likeness (QED) is 0.132. The predicted octanol–water partition coefficient (Wildman–Crippen LogP) is 1.71. The number of hydrogen-bond acceptors (Lipinski definition) is 14. The molecule has 0 aliphatic rings. The van der Waals surface area contributed by atoms with Crippen molar-refractivity contribution in [1.29, 1.82) is 0 Å². The van der Waals surface area contributed by atoms with Crippen molar-refractivity contribution in [3.8, 4) is 11.5 Å². The normalized spacial score (nSPS) is 13.0. The zero-order chi connectivity index (χ0) is 31.8. The van der Waals surface area contributed by atoms with Crippen LogP contribution in [0.1, 0.15) is 6.92 Å². The van der Waals surface area contributed by atoms with Gasteiger partial charge in [-0.25, -0.2) is 12.6 Å². The van der Waals surface area contributed by atoms with Gasteiger partial charge in [-0.1, -0.05) is 0 Å². The van der Waals surface area contributed by atoms with Crippen LogP contribution in [0.25, 0.3) is 10.8 Å². The lowest BCUT2D eigenvalue weighted by Crippen LogP contribution is -2.15. The van der Waals surface area contributed by atoms with Gasteiger partial charge in [0.05, 0.1) is 27.8 Å². The Kier molecular flexibility index (Phi) is 8.95. The molecule has 228 valence electrons. The SMILES string of the molecule is CC(=O)Nc1cc(S(=O)(=O)O)cc2cc(S(=O)(=O)O)c(/N=N/c3cc(S(=O)(=O)CCOS(=O)(=O)O)ccc3O)c(O)c12. The van der Waals surface area contributed by atoms with Gasteiger partial charge < -0.3 is 15.5 Å². The van der Waals surface area contributed by atoms with Crippen LogP contribution < -0.4 is 5.32 Å². The summed E-state index contributed by atoms with van der Waals surface area (Å²) in [6.07, 6.45) is 0. The van der Waals surface area contributed by atoms with Crippen LogP contribution in [0.4, 0.5) is 17.1 Å². The molecule has 0 heterocycles. The highest BCUT2D eigenvalue weighted by Crippen LogP contribution is 2.45. The molecule has 0 fully saturated rings. The van der Waals surface area contributed by atoms with Crippen molar-refractivity contribution >= 4 is 74.2 Å². The Morgan fingerprint density at radius 3 is 2.05 bits per heavy atom. The number of nitrogens with one attached hydrogen (secondary N) is 1. The fraction of sp³-hybridized carbons (Fsp3) is 0.150. The minimum atomic E-state index is -5.25. The van der Waals surface area contributed by atoms with E-state index in [4.69, 9.17) is 4.55 Å². The van der Waals surface area contributed by atoms with E-state index in [1.54, 1.807) is 0 Å². The third-order valence-corrected chi connectivity index (χ3v) is 9.00. The number of phenolic OH excluding ortho intramolecular Hbond substituents is 2. The summed E-state index contributed by atoms with van der Waals surface area (Å²) in [5.41, 5.74) is -2.06. The van der Waals surface area contributed by atoms with E-state index in [9.17, 15) is 57.8 Å². The maximum absolute atomic E-state index is 12.5. The molecule has 22 heteroatoms. The number of phenols is 2. The highest BCUT2D eigenvalue weighted by atomic mass is 32.3. The number of azo groups is 1. The molecule has 0 bridgehead atoms. The molecule has 0 aliphatic heterocycles. The standard InChI is InChI=1S/C20H19N3O15S4/c1-10(24)21-15-9-13(40(29,30)31)6-11-7-17(41(32,33)34)19(20(26)18(11)15)23-22-14-8-12(2-3-16(14)25)39(27,28)5-4-38-42(35,36)37/h2-3,6-9,25-26H,4-5H2,1H3,(H,21,24)(H,29,30,31)(H,32,33,34)(H,35,36,37)/b23-22+. The number of nitrogens with zero attached hydrogens (tertiary/aromatic N) is 2. The van der Waals surface area contributed by atoms with Crippen LogP contribution in [0.2, 0.25) is 0 Å². The Morgan fingerprint density at radius 1 is 0.857 bits per heavy atom. The van der Waals surface area contributed by atoms with Crippen LogP contribution >= 0.6 is 0 Å². The Labute approximate surface area is 237 Å². The molecule has 42 heavy (non-hydrogen) atoms. The van der Waals surface area contributed by atoms with E-state index in [0.29, 0.717) is 6.07 Å². The van der Waals surface area contributed by atoms with Crippen LogP contribution in [-0.4, -0.2) is 75.8 Å². The van der Waals surface area contributed by atoms with E-state index in [1.165, 1.54) is 0 Å². The summed E-state index contributed by atoms with van der Waals surface area (Å²) < 4.78 is 126. The van der Waals surface area contributed by atoms with Crippen LogP contribution in [-0.2, 0) is 49.5 Å². The van der Waals surface area contributed by atoms with E-state index < -0.39 is 113 Å². The Hall–Kier alpha value is -3.77. The molecule has 0 aliphatic carbocycles. The molecule has 0 saturated heterocycles. The molecule has 6 N–H and O–H groups in total. The van der Waals surface area contributed by atoms with E-state index in [-0.39, 0.29) is 0 Å².